The lowest BCUT2D eigenvalue weighted by Crippen LogP contribution is -2.54. The van der Waals surface area contributed by atoms with Gasteiger partial charge in [0.1, 0.15) is 0 Å². The Kier molecular flexibility index (Phi) is 3.00. The molecule has 4 saturated carbocycles. The van der Waals surface area contributed by atoms with E-state index in [0.717, 1.165) is 24.3 Å². The minimum Gasteiger partial charge on any atom is -0.310 e. The van der Waals surface area contributed by atoms with Crippen LogP contribution in [0.25, 0.3) is 0 Å². The number of nitrogens with one attached hydrogen (secondary N) is 1. The fourth-order valence-electron chi connectivity index (χ4n) is 5.59. The van der Waals surface area contributed by atoms with E-state index in [1.165, 1.54) is 24.8 Å². The molecule has 4 bridgehead atoms. The number of rotatable bonds is 4. The molecule has 0 unspecified atom stereocenters. The fourth-order valence-corrected chi connectivity index (χ4v) is 6.26. The summed E-state index contributed by atoms with van der Waals surface area (Å²) < 4.78 is 0. The summed E-state index contributed by atoms with van der Waals surface area (Å²) in [6, 6.07) is 2.95. The first kappa shape index (κ1) is 12.4. The molecule has 0 spiro atoms. The Morgan fingerprint density at radius 1 is 1.21 bits per heavy atom. The lowest BCUT2D eigenvalue weighted by atomic mass is 9.48. The van der Waals surface area contributed by atoms with Gasteiger partial charge in [0.05, 0.1) is 0 Å². The van der Waals surface area contributed by atoms with Gasteiger partial charge in [0.25, 0.3) is 0 Å². The maximum absolute atomic E-state index is 3.85. The van der Waals surface area contributed by atoms with E-state index in [1.54, 1.807) is 19.3 Å². The van der Waals surface area contributed by atoms with E-state index in [4.69, 9.17) is 0 Å². The number of hydrogen-bond donors (Lipinski definition) is 1. The molecule has 0 radical (unpaired) electrons. The summed E-state index contributed by atoms with van der Waals surface area (Å²) >= 11 is 1.81. The van der Waals surface area contributed by atoms with E-state index in [9.17, 15) is 0 Å². The molecule has 0 saturated heterocycles. The molecule has 1 N–H and O–H groups in total. The third-order valence-corrected chi connectivity index (χ3v) is 6.93. The van der Waals surface area contributed by atoms with Gasteiger partial charge >= 0.3 is 0 Å². The third-order valence-electron chi connectivity index (χ3n) is 6.20. The highest BCUT2D eigenvalue weighted by Crippen LogP contribution is 2.61. The summed E-state index contributed by atoms with van der Waals surface area (Å²) in [6.07, 6.45) is 9.19. The van der Waals surface area contributed by atoms with Gasteiger partial charge in [-0.05, 0) is 91.0 Å². The SMILES string of the molecule is C[C@H](NCc1ccsc1)C12CC3CC(CC(C3)C1)C2. The molecule has 1 heterocycles. The van der Waals surface area contributed by atoms with Gasteiger partial charge in [-0.1, -0.05) is 0 Å². The van der Waals surface area contributed by atoms with Gasteiger partial charge in [0, 0.05) is 12.6 Å². The second kappa shape index (κ2) is 4.60. The van der Waals surface area contributed by atoms with Crippen LogP contribution in [0.2, 0.25) is 0 Å². The largest absolute Gasteiger partial charge is 0.310 e. The first-order chi connectivity index (χ1) is 9.23. The summed E-state index contributed by atoms with van der Waals surface area (Å²) in [5.41, 5.74) is 2.10. The van der Waals surface area contributed by atoms with Crippen LogP contribution in [0.3, 0.4) is 0 Å². The molecular weight excluding hydrogens is 250 g/mol. The van der Waals surface area contributed by atoms with E-state index in [0.29, 0.717) is 11.5 Å². The summed E-state index contributed by atoms with van der Waals surface area (Å²) in [5, 5.41) is 8.31. The molecule has 4 fully saturated rings. The van der Waals surface area contributed by atoms with Crippen molar-refractivity contribution in [3.8, 4) is 0 Å². The Balaban J connectivity index is 1.45. The zero-order chi connectivity index (χ0) is 12.9. The molecular formula is C17H25NS. The quantitative estimate of drug-likeness (QED) is 0.856. The van der Waals surface area contributed by atoms with Crippen LogP contribution in [0, 0.1) is 23.2 Å². The van der Waals surface area contributed by atoms with Crippen LogP contribution in [-0.2, 0) is 6.54 Å². The van der Waals surface area contributed by atoms with Crippen LogP contribution >= 0.6 is 11.3 Å². The van der Waals surface area contributed by atoms with Crippen molar-refractivity contribution in [3.05, 3.63) is 22.4 Å². The Morgan fingerprint density at radius 3 is 2.37 bits per heavy atom. The predicted molar refractivity (Wildman–Crippen MR) is 81.2 cm³/mol. The number of hydrogen-bond acceptors (Lipinski definition) is 2. The van der Waals surface area contributed by atoms with E-state index >= 15 is 0 Å². The van der Waals surface area contributed by atoms with Gasteiger partial charge in [0.15, 0.2) is 0 Å². The van der Waals surface area contributed by atoms with Crippen LogP contribution in [0.15, 0.2) is 16.8 Å². The Bertz CT molecular complexity index is 401. The molecule has 1 aromatic heterocycles. The monoisotopic (exact) mass is 275 g/mol. The van der Waals surface area contributed by atoms with Crippen molar-refractivity contribution in [1.82, 2.24) is 5.32 Å². The van der Waals surface area contributed by atoms with Gasteiger partial charge in [0.2, 0.25) is 0 Å². The molecule has 0 amide bonds. The van der Waals surface area contributed by atoms with Crippen LogP contribution in [-0.4, -0.2) is 6.04 Å². The van der Waals surface area contributed by atoms with Gasteiger partial charge in [-0.3, -0.25) is 0 Å². The first-order valence-corrected chi connectivity index (χ1v) is 8.92. The highest BCUT2D eigenvalue weighted by Gasteiger charge is 2.52. The topological polar surface area (TPSA) is 12.0 Å². The van der Waals surface area contributed by atoms with Crippen molar-refractivity contribution in [3.63, 3.8) is 0 Å². The maximum Gasteiger partial charge on any atom is 0.0216 e. The molecule has 4 aliphatic rings. The molecule has 5 rings (SSSR count). The molecule has 104 valence electrons. The number of thiophene rings is 1. The summed E-state index contributed by atoms with van der Waals surface area (Å²) in [5.74, 6) is 3.20. The van der Waals surface area contributed by atoms with Gasteiger partial charge in [-0.25, -0.2) is 0 Å². The van der Waals surface area contributed by atoms with Crippen molar-refractivity contribution in [2.45, 2.75) is 58.0 Å². The smallest absolute Gasteiger partial charge is 0.0216 e. The average molecular weight is 275 g/mol. The Labute approximate surface area is 120 Å². The second-order valence-corrected chi connectivity index (χ2v) is 8.29. The Hall–Kier alpha value is -0.340. The van der Waals surface area contributed by atoms with E-state index in [-0.39, 0.29) is 0 Å². The minimum absolute atomic E-state index is 0.644. The summed E-state index contributed by atoms with van der Waals surface area (Å²) in [7, 11) is 0. The van der Waals surface area contributed by atoms with E-state index in [2.05, 4.69) is 29.1 Å². The standard InChI is InChI=1S/C17H25NS/c1-12(18-10-13-2-3-19-11-13)17-7-14-4-15(8-17)6-16(5-14)9-17/h2-3,11-12,14-16,18H,4-10H2,1H3/t12-,14?,15?,16?,17?/m0/s1. The fraction of sp³-hybridized carbons (Fsp3) is 0.765. The summed E-state index contributed by atoms with van der Waals surface area (Å²) in [4.78, 5) is 0. The molecule has 0 aliphatic heterocycles. The highest BCUT2D eigenvalue weighted by molar-refractivity contribution is 7.07. The van der Waals surface area contributed by atoms with Gasteiger partial charge < -0.3 is 5.32 Å². The zero-order valence-electron chi connectivity index (χ0n) is 11.9. The van der Waals surface area contributed by atoms with Gasteiger partial charge in [-0.15, -0.1) is 0 Å². The third kappa shape index (κ3) is 2.17. The van der Waals surface area contributed by atoms with E-state index in [1.807, 2.05) is 11.3 Å². The highest BCUT2D eigenvalue weighted by atomic mass is 32.1. The van der Waals surface area contributed by atoms with Crippen LogP contribution in [0.4, 0.5) is 0 Å². The lowest BCUT2D eigenvalue weighted by Gasteiger charge is -2.59. The average Bonchev–Trinajstić information content (AvgIpc) is 2.87. The normalized spacial score (nSPS) is 41.6. The molecule has 1 atom stereocenters. The van der Waals surface area contributed by atoms with Crippen molar-refractivity contribution in [1.29, 1.82) is 0 Å². The van der Waals surface area contributed by atoms with Crippen molar-refractivity contribution in [2.24, 2.45) is 23.2 Å². The second-order valence-electron chi connectivity index (χ2n) is 7.51. The first-order valence-electron chi connectivity index (χ1n) is 7.98. The molecule has 0 aromatic carbocycles. The maximum atomic E-state index is 3.85. The van der Waals surface area contributed by atoms with Crippen molar-refractivity contribution < 1.29 is 0 Å². The van der Waals surface area contributed by atoms with Crippen LogP contribution in [0.1, 0.15) is 51.0 Å². The molecule has 2 heteroatoms. The molecule has 1 nitrogen and oxygen atoms in total. The molecule has 4 aliphatic carbocycles. The molecule has 1 aromatic rings. The zero-order valence-corrected chi connectivity index (χ0v) is 12.7. The molecule has 19 heavy (non-hydrogen) atoms. The van der Waals surface area contributed by atoms with Crippen LogP contribution in [0.5, 0.6) is 0 Å². The lowest BCUT2D eigenvalue weighted by molar-refractivity contribution is -0.0706. The van der Waals surface area contributed by atoms with Crippen molar-refractivity contribution >= 4 is 11.3 Å². The van der Waals surface area contributed by atoms with Gasteiger partial charge in [-0.2, -0.15) is 11.3 Å². The Morgan fingerprint density at radius 2 is 1.84 bits per heavy atom. The summed E-state index contributed by atoms with van der Waals surface area (Å²) in [6.45, 7) is 3.52. The van der Waals surface area contributed by atoms with E-state index < -0.39 is 0 Å². The van der Waals surface area contributed by atoms with Crippen LogP contribution < -0.4 is 5.32 Å². The van der Waals surface area contributed by atoms with Crippen molar-refractivity contribution in [2.75, 3.05) is 0 Å². The predicted octanol–water partition coefficient (Wildman–Crippen LogP) is 4.44. The minimum atomic E-state index is 0.644.